The van der Waals surface area contributed by atoms with Crippen molar-refractivity contribution in [3.63, 3.8) is 0 Å². The predicted octanol–water partition coefficient (Wildman–Crippen LogP) is 4.56. The van der Waals surface area contributed by atoms with E-state index < -0.39 is 9.84 Å². The molecule has 1 aliphatic heterocycles. The molecule has 2 bridgehead atoms. The van der Waals surface area contributed by atoms with Crippen LogP contribution in [0.5, 0.6) is 0 Å². The molecule has 1 saturated heterocycles. The van der Waals surface area contributed by atoms with Gasteiger partial charge in [0.05, 0.1) is 15.4 Å². The Morgan fingerprint density at radius 1 is 0.964 bits per heavy atom. The molecule has 2 atom stereocenters. The number of sulfone groups is 1. The van der Waals surface area contributed by atoms with Crippen LogP contribution in [0.3, 0.4) is 0 Å². The van der Waals surface area contributed by atoms with Gasteiger partial charge in [-0.05, 0) is 54.4 Å². The quantitative estimate of drug-likeness (QED) is 0.763. The highest BCUT2D eigenvalue weighted by atomic mass is 32.2. The van der Waals surface area contributed by atoms with Gasteiger partial charge in [-0.3, -0.25) is 4.79 Å². The van der Waals surface area contributed by atoms with Crippen molar-refractivity contribution in [3.8, 4) is 0 Å². The van der Waals surface area contributed by atoms with Crippen molar-refractivity contribution in [1.82, 2.24) is 4.90 Å². The van der Waals surface area contributed by atoms with Crippen molar-refractivity contribution in [2.75, 3.05) is 6.54 Å². The van der Waals surface area contributed by atoms with Gasteiger partial charge in [0.2, 0.25) is 9.84 Å². The lowest BCUT2D eigenvalue weighted by atomic mass is 9.65. The molecule has 2 aromatic carbocycles. The van der Waals surface area contributed by atoms with Gasteiger partial charge in [-0.25, -0.2) is 8.42 Å². The van der Waals surface area contributed by atoms with E-state index in [4.69, 9.17) is 0 Å². The van der Waals surface area contributed by atoms with Crippen LogP contribution in [0.4, 0.5) is 0 Å². The van der Waals surface area contributed by atoms with Gasteiger partial charge in [-0.15, -0.1) is 0 Å². The molecular weight excluding hydrogens is 370 g/mol. The smallest absolute Gasteiger partial charge is 0.255 e. The first-order valence-corrected chi connectivity index (χ1v) is 11.3. The van der Waals surface area contributed by atoms with Crippen molar-refractivity contribution < 1.29 is 13.2 Å². The highest BCUT2D eigenvalue weighted by Crippen LogP contribution is 2.52. The molecule has 2 aromatic rings. The lowest BCUT2D eigenvalue weighted by molar-refractivity contribution is 0.0704. The van der Waals surface area contributed by atoms with Crippen LogP contribution in [0, 0.1) is 10.8 Å². The summed E-state index contributed by atoms with van der Waals surface area (Å²) in [6, 6.07) is 15.1. The van der Waals surface area contributed by atoms with Crippen LogP contribution >= 0.6 is 0 Å². The second kappa shape index (κ2) is 6.45. The third-order valence-corrected chi connectivity index (χ3v) is 7.96. The van der Waals surface area contributed by atoms with Gasteiger partial charge in [0, 0.05) is 12.6 Å². The first-order valence-electron chi connectivity index (χ1n) is 9.82. The molecule has 5 heteroatoms. The number of fused-ring (bicyclic) bond motifs is 2. The minimum absolute atomic E-state index is 0.0945. The zero-order valence-corrected chi connectivity index (χ0v) is 17.5. The van der Waals surface area contributed by atoms with E-state index in [9.17, 15) is 13.2 Å². The van der Waals surface area contributed by atoms with Crippen molar-refractivity contribution in [3.05, 3.63) is 60.2 Å². The third-order valence-electron chi connectivity index (χ3n) is 6.14. The largest absolute Gasteiger partial charge is 0.335 e. The number of carbonyl (C=O) groups excluding carboxylic acids is 1. The Morgan fingerprint density at radius 3 is 2.32 bits per heavy atom. The van der Waals surface area contributed by atoms with Gasteiger partial charge in [0.25, 0.3) is 5.91 Å². The number of hydrogen-bond acceptors (Lipinski definition) is 3. The van der Waals surface area contributed by atoms with Crippen LogP contribution in [-0.4, -0.2) is 31.8 Å². The number of nitrogens with zero attached hydrogens (tertiary/aromatic N) is 1. The van der Waals surface area contributed by atoms with Crippen molar-refractivity contribution >= 4 is 15.7 Å². The Hall–Kier alpha value is -2.14. The van der Waals surface area contributed by atoms with Gasteiger partial charge in [0.1, 0.15) is 0 Å². The van der Waals surface area contributed by atoms with Crippen molar-refractivity contribution in [2.24, 2.45) is 10.8 Å². The molecule has 2 unspecified atom stereocenters. The summed E-state index contributed by atoms with van der Waals surface area (Å²) < 4.78 is 26.4. The van der Waals surface area contributed by atoms with E-state index in [2.05, 4.69) is 20.8 Å². The minimum Gasteiger partial charge on any atom is -0.335 e. The molecule has 1 heterocycles. The first-order chi connectivity index (χ1) is 13.1. The van der Waals surface area contributed by atoms with Gasteiger partial charge in [-0.1, -0.05) is 51.1 Å². The number of carbonyl (C=O) groups is 1. The summed E-state index contributed by atoms with van der Waals surface area (Å²) in [7, 11) is -3.75. The Bertz CT molecular complexity index is 1010. The first kappa shape index (κ1) is 19.2. The average Bonchev–Trinajstić information content (AvgIpc) is 2.90. The van der Waals surface area contributed by atoms with E-state index in [1.165, 1.54) is 0 Å². The minimum atomic E-state index is -3.75. The Kier molecular flexibility index (Phi) is 4.42. The number of likely N-dealkylation sites (tertiary alicyclic amines) is 1. The molecule has 1 amide bonds. The number of hydrogen-bond donors (Lipinski definition) is 0. The van der Waals surface area contributed by atoms with E-state index in [0.29, 0.717) is 6.54 Å². The fourth-order valence-electron chi connectivity index (χ4n) is 5.46. The number of rotatable bonds is 3. The molecule has 4 nitrogen and oxygen atoms in total. The monoisotopic (exact) mass is 397 g/mol. The van der Waals surface area contributed by atoms with E-state index in [1.807, 2.05) is 4.90 Å². The lowest BCUT2D eigenvalue weighted by Crippen LogP contribution is -2.38. The molecular formula is C23H27NO3S. The normalized spacial score (nSPS) is 26.2. The second-order valence-corrected chi connectivity index (χ2v) is 11.4. The standard InChI is InChI=1S/C23H27NO3S/c1-22(2)13-17-14-23(3,15-22)16-24(17)21(25)19-11-7-8-12-20(19)28(26,27)18-9-5-4-6-10-18/h4-12,17H,13-16H2,1-3H3. The topological polar surface area (TPSA) is 54.5 Å². The maximum Gasteiger partial charge on any atom is 0.255 e. The van der Waals surface area contributed by atoms with Gasteiger partial charge in [0.15, 0.2) is 0 Å². The zero-order chi connectivity index (χ0) is 20.2. The zero-order valence-electron chi connectivity index (χ0n) is 16.7. The van der Waals surface area contributed by atoms with Crippen LogP contribution in [0.2, 0.25) is 0 Å². The van der Waals surface area contributed by atoms with E-state index in [-0.39, 0.29) is 38.1 Å². The van der Waals surface area contributed by atoms with Crippen molar-refractivity contribution in [2.45, 2.75) is 55.9 Å². The highest BCUT2D eigenvalue weighted by molar-refractivity contribution is 7.91. The van der Waals surface area contributed by atoms with Crippen LogP contribution in [0.1, 0.15) is 50.4 Å². The van der Waals surface area contributed by atoms with Crippen LogP contribution in [0.15, 0.2) is 64.4 Å². The fraction of sp³-hybridized carbons (Fsp3) is 0.435. The summed E-state index contributed by atoms with van der Waals surface area (Å²) in [6.45, 7) is 7.47. The molecule has 1 saturated carbocycles. The van der Waals surface area contributed by atoms with Crippen LogP contribution < -0.4 is 0 Å². The summed E-state index contributed by atoms with van der Waals surface area (Å²) in [6.07, 6.45) is 3.04. The van der Waals surface area contributed by atoms with Gasteiger partial charge in [-0.2, -0.15) is 0 Å². The molecule has 0 aromatic heterocycles. The SMILES string of the molecule is CC1(C)CC2CC(C)(CN2C(=O)c2ccccc2S(=O)(=O)c2ccccc2)C1. The molecule has 2 fully saturated rings. The highest BCUT2D eigenvalue weighted by Gasteiger charge is 2.51. The van der Waals surface area contributed by atoms with E-state index >= 15 is 0 Å². The van der Waals surface area contributed by atoms with Crippen LogP contribution in [0.25, 0.3) is 0 Å². The second-order valence-electron chi connectivity index (χ2n) is 9.46. The molecule has 0 N–H and O–H groups in total. The maximum absolute atomic E-state index is 13.5. The molecule has 2 aliphatic rings. The number of benzene rings is 2. The molecule has 0 radical (unpaired) electrons. The Balaban J connectivity index is 1.73. The van der Waals surface area contributed by atoms with Crippen LogP contribution in [-0.2, 0) is 9.84 Å². The van der Waals surface area contributed by atoms with Gasteiger partial charge >= 0.3 is 0 Å². The third kappa shape index (κ3) is 3.26. The fourth-order valence-corrected chi connectivity index (χ4v) is 6.93. The maximum atomic E-state index is 13.5. The summed E-state index contributed by atoms with van der Waals surface area (Å²) in [5.74, 6) is -0.165. The predicted molar refractivity (Wildman–Crippen MR) is 109 cm³/mol. The Labute approximate surface area is 167 Å². The average molecular weight is 398 g/mol. The molecule has 148 valence electrons. The molecule has 4 rings (SSSR count). The summed E-state index contributed by atoms with van der Waals surface area (Å²) in [4.78, 5) is 15.7. The van der Waals surface area contributed by atoms with Gasteiger partial charge < -0.3 is 4.90 Å². The molecule has 1 aliphatic carbocycles. The van der Waals surface area contributed by atoms with Crippen molar-refractivity contribution in [1.29, 1.82) is 0 Å². The number of amides is 1. The Morgan fingerprint density at radius 2 is 1.61 bits per heavy atom. The summed E-state index contributed by atoms with van der Waals surface area (Å²) in [5.41, 5.74) is 0.581. The molecule has 28 heavy (non-hydrogen) atoms. The lowest BCUT2D eigenvalue weighted by Gasteiger charge is -2.39. The van der Waals surface area contributed by atoms with E-state index in [0.717, 1.165) is 19.3 Å². The summed E-state index contributed by atoms with van der Waals surface area (Å²) in [5, 5.41) is 0. The molecule has 0 spiro atoms. The summed E-state index contributed by atoms with van der Waals surface area (Å²) >= 11 is 0. The van der Waals surface area contributed by atoms with E-state index in [1.54, 1.807) is 54.6 Å².